The van der Waals surface area contributed by atoms with E-state index >= 15 is 0 Å². The van der Waals surface area contributed by atoms with Crippen LogP contribution in [0, 0.1) is 10.1 Å². The summed E-state index contributed by atoms with van der Waals surface area (Å²) in [6.45, 7) is 2.18. The van der Waals surface area contributed by atoms with Crippen LogP contribution in [0.4, 0.5) is 5.69 Å². The largest absolute Gasteiger partial charge is 0.487 e. The van der Waals surface area contributed by atoms with E-state index in [0.717, 1.165) is 5.56 Å². The number of nitro groups is 1. The van der Waals surface area contributed by atoms with Crippen molar-refractivity contribution in [3.05, 3.63) is 70.3 Å². The first-order valence-corrected chi connectivity index (χ1v) is 7.78. The maximum atomic E-state index is 11.9. The summed E-state index contributed by atoms with van der Waals surface area (Å²) >= 11 is 0. The van der Waals surface area contributed by atoms with Crippen LogP contribution in [0.3, 0.4) is 0 Å². The molecule has 0 saturated heterocycles. The third kappa shape index (κ3) is 5.08. The minimum absolute atomic E-state index is 0.0603. The Hall–Kier alpha value is -2.89. The fourth-order valence-electron chi connectivity index (χ4n) is 2.28. The number of amides is 1. The van der Waals surface area contributed by atoms with E-state index in [1.165, 1.54) is 6.07 Å². The normalized spacial score (nSPS) is 11.5. The summed E-state index contributed by atoms with van der Waals surface area (Å²) in [6, 6.07) is 15.9. The molecule has 24 heavy (non-hydrogen) atoms. The lowest BCUT2D eigenvalue weighted by Gasteiger charge is -2.14. The number of rotatable bonds is 8. The van der Waals surface area contributed by atoms with Crippen LogP contribution in [0.5, 0.6) is 5.75 Å². The van der Waals surface area contributed by atoms with E-state index < -0.39 is 4.92 Å². The van der Waals surface area contributed by atoms with E-state index in [9.17, 15) is 14.9 Å². The maximum Gasteiger partial charge on any atom is 0.310 e. The molecule has 2 aromatic rings. The van der Waals surface area contributed by atoms with E-state index in [-0.39, 0.29) is 30.0 Å². The summed E-state index contributed by atoms with van der Waals surface area (Å²) < 4.78 is 5.42. The lowest BCUT2D eigenvalue weighted by atomic mass is 10.1. The third-order valence-corrected chi connectivity index (χ3v) is 3.54. The number of hydrogen-bond donors (Lipinski definition) is 1. The lowest BCUT2D eigenvalue weighted by Crippen LogP contribution is -2.26. The molecule has 0 aromatic heterocycles. The van der Waals surface area contributed by atoms with Gasteiger partial charge in [0, 0.05) is 12.5 Å². The van der Waals surface area contributed by atoms with Crippen molar-refractivity contribution in [1.82, 2.24) is 5.32 Å². The Morgan fingerprint density at radius 3 is 2.54 bits per heavy atom. The van der Waals surface area contributed by atoms with Crippen LogP contribution in [-0.2, 0) is 4.79 Å². The van der Waals surface area contributed by atoms with Gasteiger partial charge in [-0.05, 0) is 25.0 Å². The van der Waals surface area contributed by atoms with Crippen LogP contribution in [0.1, 0.15) is 31.4 Å². The van der Waals surface area contributed by atoms with Crippen molar-refractivity contribution >= 4 is 11.6 Å². The zero-order valence-electron chi connectivity index (χ0n) is 13.5. The molecule has 0 heterocycles. The van der Waals surface area contributed by atoms with Crippen molar-refractivity contribution < 1.29 is 14.5 Å². The Kier molecular flexibility index (Phi) is 6.31. The second-order valence-electron chi connectivity index (χ2n) is 5.38. The topological polar surface area (TPSA) is 81.5 Å². The summed E-state index contributed by atoms with van der Waals surface area (Å²) in [6.07, 6.45) is 0.789. The Labute approximate surface area is 140 Å². The highest BCUT2D eigenvalue weighted by molar-refractivity contribution is 5.76. The van der Waals surface area contributed by atoms with Crippen LogP contribution in [0.25, 0.3) is 0 Å². The van der Waals surface area contributed by atoms with Gasteiger partial charge >= 0.3 is 5.69 Å². The van der Waals surface area contributed by atoms with Gasteiger partial charge in [-0.15, -0.1) is 0 Å². The summed E-state index contributed by atoms with van der Waals surface area (Å²) in [5.41, 5.74) is 0.974. The monoisotopic (exact) mass is 328 g/mol. The second-order valence-corrected chi connectivity index (χ2v) is 5.38. The molecule has 0 fully saturated rings. The number of benzene rings is 2. The predicted octanol–water partition coefficient (Wildman–Crippen LogP) is 3.63. The SMILES string of the molecule is CC(NC(=O)CCCOc1ccccc1[N+](=O)[O-])c1ccccc1. The lowest BCUT2D eigenvalue weighted by molar-refractivity contribution is -0.385. The molecule has 0 aliphatic carbocycles. The molecule has 0 bridgehead atoms. The molecule has 0 spiro atoms. The molecule has 0 radical (unpaired) electrons. The number of ether oxygens (including phenoxy) is 1. The molecule has 126 valence electrons. The average Bonchev–Trinajstić information content (AvgIpc) is 2.59. The predicted molar refractivity (Wildman–Crippen MR) is 90.8 cm³/mol. The van der Waals surface area contributed by atoms with Gasteiger partial charge < -0.3 is 10.1 Å². The number of nitrogens with one attached hydrogen (secondary N) is 1. The molecule has 0 aliphatic rings. The van der Waals surface area contributed by atoms with Crippen LogP contribution >= 0.6 is 0 Å². The molecule has 1 N–H and O–H groups in total. The molecule has 0 saturated carbocycles. The van der Waals surface area contributed by atoms with Gasteiger partial charge in [-0.1, -0.05) is 42.5 Å². The highest BCUT2D eigenvalue weighted by atomic mass is 16.6. The standard InChI is InChI=1S/C18H20N2O4/c1-14(15-8-3-2-4-9-15)19-18(21)12-7-13-24-17-11-6-5-10-16(17)20(22)23/h2-6,8-11,14H,7,12-13H2,1H3,(H,19,21). The Balaban J connectivity index is 1.74. The molecule has 1 atom stereocenters. The summed E-state index contributed by atoms with van der Waals surface area (Å²) in [5, 5.41) is 13.8. The average molecular weight is 328 g/mol. The molecule has 6 nitrogen and oxygen atoms in total. The fraction of sp³-hybridized carbons (Fsp3) is 0.278. The van der Waals surface area contributed by atoms with Crippen molar-refractivity contribution in [1.29, 1.82) is 0 Å². The Morgan fingerprint density at radius 2 is 1.83 bits per heavy atom. The number of hydrogen-bond acceptors (Lipinski definition) is 4. The van der Waals surface area contributed by atoms with Gasteiger partial charge in [0.15, 0.2) is 5.75 Å². The van der Waals surface area contributed by atoms with Gasteiger partial charge in [-0.25, -0.2) is 0 Å². The van der Waals surface area contributed by atoms with E-state index in [0.29, 0.717) is 12.8 Å². The molecule has 6 heteroatoms. The van der Waals surface area contributed by atoms with Gasteiger partial charge in [0.2, 0.25) is 5.91 Å². The zero-order valence-corrected chi connectivity index (χ0v) is 13.5. The molecule has 2 rings (SSSR count). The first kappa shape index (κ1) is 17.5. The van der Waals surface area contributed by atoms with Crippen LogP contribution < -0.4 is 10.1 Å². The first-order valence-electron chi connectivity index (χ1n) is 7.78. The first-order chi connectivity index (χ1) is 11.6. The van der Waals surface area contributed by atoms with Gasteiger partial charge in [0.05, 0.1) is 17.6 Å². The quantitative estimate of drug-likeness (QED) is 0.456. The van der Waals surface area contributed by atoms with Gasteiger partial charge in [-0.3, -0.25) is 14.9 Å². The smallest absolute Gasteiger partial charge is 0.310 e. The third-order valence-electron chi connectivity index (χ3n) is 3.54. The van der Waals surface area contributed by atoms with Crippen LogP contribution in [-0.4, -0.2) is 17.4 Å². The second kappa shape index (κ2) is 8.67. The minimum atomic E-state index is -0.483. The highest BCUT2D eigenvalue weighted by Crippen LogP contribution is 2.25. The van der Waals surface area contributed by atoms with Crippen molar-refractivity contribution in [2.75, 3.05) is 6.61 Å². The fourth-order valence-corrected chi connectivity index (χ4v) is 2.28. The summed E-state index contributed by atoms with van der Waals surface area (Å²) in [7, 11) is 0. The summed E-state index contributed by atoms with van der Waals surface area (Å²) in [5.74, 6) is 0.151. The molecule has 2 aromatic carbocycles. The molecule has 1 unspecified atom stereocenters. The Morgan fingerprint density at radius 1 is 1.17 bits per heavy atom. The highest BCUT2D eigenvalue weighted by Gasteiger charge is 2.14. The van der Waals surface area contributed by atoms with Crippen molar-refractivity contribution in [3.8, 4) is 5.75 Å². The number of para-hydroxylation sites is 2. The van der Waals surface area contributed by atoms with Crippen molar-refractivity contribution in [2.24, 2.45) is 0 Å². The number of nitrogens with zero attached hydrogens (tertiary/aromatic N) is 1. The number of carbonyl (C=O) groups excluding carboxylic acids is 1. The number of carbonyl (C=O) groups is 1. The number of nitro benzene ring substituents is 1. The summed E-state index contributed by atoms with van der Waals surface area (Å²) in [4.78, 5) is 22.3. The van der Waals surface area contributed by atoms with E-state index in [2.05, 4.69) is 5.32 Å². The molecular weight excluding hydrogens is 308 g/mol. The zero-order chi connectivity index (χ0) is 17.4. The molecular formula is C18H20N2O4. The van der Waals surface area contributed by atoms with E-state index in [1.54, 1.807) is 18.2 Å². The van der Waals surface area contributed by atoms with Gasteiger partial charge in [-0.2, -0.15) is 0 Å². The van der Waals surface area contributed by atoms with Crippen molar-refractivity contribution in [3.63, 3.8) is 0 Å². The molecule has 0 aliphatic heterocycles. The van der Waals surface area contributed by atoms with Crippen LogP contribution in [0.15, 0.2) is 54.6 Å². The van der Waals surface area contributed by atoms with E-state index in [4.69, 9.17) is 4.74 Å². The Bertz CT molecular complexity index is 688. The van der Waals surface area contributed by atoms with Gasteiger partial charge in [0.1, 0.15) is 0 Å². The minimum Gasteiger partial charge on any atom is -0.487 e. The van der Waals surface area contributed by atoms with E-state index in [1.807, 2.05) is 37.3 Å². The van der Waals surface area contributed by atoms with Crippen molar-refractivity contribution in [2.45, 2.75) is 25.8 Å². The van der Waals surface area contributed by atoms with Crippen LogP contribution in [0.2, 0.25) is 0 Å². The van der Waals surface area contributed by atoms with Gasteiger partial charge in [0.25, 0.3) is 0 Å². The molecule has 1 amide bonds. The maximum absolute atomic E-state index is 11.9.